The summed E-state index contributed by atoms with van der Waals surface area (Å²) < 4.78 is 11.1. The molecule has 2 N–H and O–H groups in total. The van der Waals surface area contributed by atoms with Crippen molar-refractivity contribution >= 4 is 5.97 Å². The van der Waals surface area contributed by atoms with E-state index >= 15 is 0 Å². The van der Waals surface area contributed by atoms with Gasteiger partial charge in [-0.15, -0.1) is 0 Å². The molecule has 5 nitrogen and oxygen atoms in total. The van der Waals surface area contributed by atoms with Crippen LogP contribution in [0.1, 0.15) is 40.0 Å². The Morgan fingerprint density at radius 3 is 2.80 bits per heavy atom. The van der Waals surface area contributed by atoms with Gasteiger partial charge in [-0.25, -0.2) is 0 Å². The zero-order valence-corrected chi connectivity index (χ0v) is 15.2. The Bertz CT molecular complexity index is 626. The number of epoxide rings is 1. The molecule has 5 heteroatoms. The molecule has 2 heterocycles. The average Bonchev–Trinajstić information content (AvgIpc) is 3.17. The van der Waals surface area contributed by atoms with Gasteiger partial charge in [-0.2, -0.15) is 0 Å². The minimum absolute atomic E-state index is 0.00724. The number of ether oxygens (including phenoxy) is 2. The Morgan fingerprint density at radius 2 is 2.12 bits per heavy atom. The van der Waals surface area contributed by atoms with Gasteiger partial charge in [0.25, 0.3) is 0 Å². The molecular formula is C20H28O5. The summed E-state index contributed by atoms with van der Waals surface area (Å²) in [6.45, 7) is 9.76. The summed E-state index contributed by atoms with van der Waals surface area (Å²) in [7, 11) is 0. The number of carbonyl (C=O) groups excluding carboxylic acids is 1. The largest absolute Gasteiger partial charge is 0.461 e. The summed E-state index contributed by atoms with van der Waals surface area (Å²) in [5.74, 6) is -0.689. The Hall–Kier alpha value is -1.43. The van der Waals surface area contributed by atoms with Gasteiger partial charge in [0.1, 0.15) is 12.7 Å². The lowest BCUT2D eigenvalue weighted by molar-refractivity contribution is -0.151. The van der Waals surface area contributed by atoms with Gasteiger partial charge in [0, 0.05) is 5.92 Å². The van der Waals surface area contributed by atoms with Gasteiger partial charge in [-0.05, 0) is 45.6 Å². The van der Waals surface area contributed by atoms with Gasteiger partial charge in [-0.1, -0.05) is 30.4 Å². The van der Waals surface area contributed by atoms with Crippen molar-refractivity contribution in [2.24, 2.45) is 11.8 Å². The topological polar surface area (TPSA) is 79.3 Å². The molecule has 25 heavy (non-hydrogen) atoms. The van der Waals surface area contributed by atoms with E-state index in [1.165, 1.54) is 0 Å². The molecule has 0 aromatic heterocycles. The summed E-state index contributed by atoms with van der Waals surface area (Å²) in [6, 6.07) is 0. The van der Waals surface area contributed by atoms with Crippen LogP contribution in [0.2, 0.25) is 0 Å². The van der Waals surface area contributed by atoms with E-state index in [4.69, 9.17) is 9.47 Å². The highest BCUT2D eigenvalue weighted by atomic mass is 16.6. The second kappa shape index (κ2) is 6.38. The SMILES string of the molecule is C=C1CC(O)C2OC2(C)CCC2/C(=C\C=C\C(C)(C)O)COC(=O)C12. The molecule has 1 saturated carbocycles. The molecule has 0 bridgehead atoms. The molecular weight excluding hydrogens is 320 g/mol. The number of rotatable bonds is 2. The molecule has 0 aromatic rings. The maximum absolute atomic E-state index is 12.4. The van der Waals surface area contributed by atoms with Crippen LogP contribution in [-0.4, -0.2) is 46.2 Å². The molecule has 0 aromatic carbocycles. The molecule has 3 rings (SSSR count). The molecule has 138 valence electrons. The number of allylic oxidation sites excluding steroid dienone is 2. The molecule has 5 unspecified atom stereocenters. The first-order chi connectivity index (χ1) is 11.6. The van der Waals surface area contributed by atoms with E-state index in [-0.39, 0.29) is 30.2 Å². The second-order valence-electron chi connectivity index (χ2n) is 8.27. The fourth-order valence-electron chi connectivity index (χ4n) is 4.00. The quantitative estimate of drug-likeness (QED) is 0.455. The molecule has 3 fully saturated rings. The van der Waals surface area contributed by atoms with Crippen molar-refractivity contribution in [1.82, 2.24) is 0 Å². The van der Waals surface area contributed by atoms with Crippen LogP contribution in [0.15, 0.2) is 36.0 Å². The third-order valence-electron chi connectivity index (χ3n) is 5.48. The summed E-state index contributed by atoms with van der Waals surface area (Å²) in [5.41, 5.74) is 0.517. The number of aliphatic hydroxyl groups excluding tert-OH is 1. The lowest BCUT2D eigenvalue weighted by Crippen LogP contribution is -2.36. The lowest BCUT2D eigenvalue weighted by Gasteiger charge is -2.34. The van der Waals surface area contributed by atoms with Crippen LogP contribution in [0.25, 0.3) is 0 Å². The Morgan fingerprint density at radius 1 is 1.40 bits per heavy atom. The predicted molar refractivity (Wildman–Crippen MR) is 93.7 cm³/mol. The molecule has 3 aliphatic rings. The molecule has 0 radical (unpaired) electrons. The fourth-order valence-corrected chi connectivity index (χ4v) is 4.00. The van der Waals surface area contributed by atoms with Crippen LogP contribution in [0.5, 0.6) is 0 Å². The van der Waals surface area contributed by atoms with Crippen molar-refractivity contribution < 1.29 is 24.5 Å². The number of fused-ring (bicyclic) bond motifs is 2. The van der Waals surface area contributed by atoms with Crippen LogP contribution in [0, 0.1) is 11.8 Å². The molecule has 2 saturated heterocycles. The first-order valence-electron chi connectivity index (χ1n) is 8.91. The zero-order valence-electron chi connectivity index (χ0n) is 15.2. The van der Waals surface area contributed by atoms with Crippen LogP contribution in [0.4, 0.5) is 0 Å². The maximum Gasteiger partial charge on any atom is 0.314 e. The second-order valence-corrected chi connectivity index (χ2v) is 8.27. The highest BCUT2D eigenvalue weighted by Gasteiger charge is 2.57. The van der Waals surface area contributed by atoms with Crippen LogP contribution >= 0.6 is 0 Å². The smallest absolute Gasteiger partial charge is 0.314 e. The molecule has 5 atom stereocenters. The van der Waals surface area contributed by atoms with E-state index in [1.807, 2.05) is 19.1 Å². The third kappa shape index (κ3) is 3.89. The van der Waals surface area contributed by atoms with E-state index in [0.717, 1.165) is 18.4 Å². The van der Waals surface area contributed by atoms with Gasteiger partial charge < -0.3 is 19.7 Å². The Kier molecular flexibility index (Phi) is 4.69. The van der Waals surface area contributed by atoms with Crippen molar-refractivity contribution in [2.75, 3.05) is 6.61 Å². The van der Waals surface area contributed by atoms with Crippen molar-refractivity contribution in [3.05, 3.63) is 36.0 Å². The highest BCUT2D eigenvalue weighted by molar-refractivity contribution is 5.78. The summed E-state index contributed by atoms with van der Waals surface area (Å²) >= 11 is 0. The molecule has 1 aliphatic carbocycles. The summed E-state index contributed by atoms with van der Waals surface area (Å²) in [4.78, 5) is 12.4. The van der Waals surface area contributed by atoms with Gasteiger partial charge >= 0.3 is 5.97 Å². The summed E-state index contributed by atoms with van der Waals surface area (Å²) in [6.07, 6.45) is 6.55. The standard InChI is InChI=1S/C20H28O5/c1-12-10-15(21)17-20(4,25-17)9-7-14-13(6-5-8-19(2,3)23)11-24-18(22)16(12)14/h5-6,8,14-17,21,23H,1,7,9-11H2,2-4H3/b8-5+,13-6-. The number of esters is 1. The van der Waals surface area contributed by atoms with Crippen LogP contribution < -0.4 is 0 Å². The van der Waals surface area contributed by atoms with E-state index in [9.17, 15) is 15.0 Å². The predicted octanol–water partition coefficient (Wildman–Crippen LogP) is 2.29. The zero-order chi connectivity index (χ0) is 18.4. The first-order valence-corrected chi connectivity index (χ1v) is 8.91. The normalized spacial score (nSPS) is 40.8. The highest BCUT2D eigenvalue weighted by Crippen LogP contribution is 2.49. The number of aliphatic hydroxyl groups is 2. The Balaban J connectivity index is 1.88. The number of carbonyl (C=O) groups is 1. The van der Waals surface area contributed by atoms with E-state index in [1.54, 1.807) is 19.9 Å². The minimum Gasteiger partial charge on any atom is -0.461 e. The monoisotopic (exact) mass is 348 g/mol. The number of cyclic esters (lactones) is 1. The average molecular weight is 348 g/mol. The molecule has 0 spiro atoms. The third-order valence-corrected chi connectivity index (χ3v) is 5.48. The van der Waals surface area contributed by atoms with E-state index < -0.39 is 17.6 Å². The summed E-state index contributed by atoms with van der Waals surface area (Å²) in [5, 5.41) is 20.2. The molecule has 0 amide bonds. The van der Waals surface area contributed by atoms with Gasteiger partial charge in [-0.3, -0.25) is 4.79 Å². The van der Waals surface area contributed by atoms with Crippen molar-refractivity contribution in [3.8, 4) is 0 Å². The van der Waals surface area contributed by atoms with E-state index in [0.29, 0.717) is 12.0 Å². The van der Waals surface area contributed by atoms with E-state index in [2.05, 4.69) is 6.58 Å². The van der Waals surface area contributed by atoms with Gasteiger partial charge in [0.15, 0.2) is 0 Å². The van der Waals surface area contributed by atoms with Crippen molar-refractivity contribution in [1.29, 1.82) is 0 Å². The molecule has 2 aliphatic heterocycles. The Labute approximate surface area is 149 Å². The first kappa shape index (κ1) is 18.4. The van der Waals surface area contributed by atoms with Crippen LogP contribution in [0.3, 0.4) is 0 Å². The van der Waals surface area contributed by atoms with Crippen LogP contribution in [-0.2, 0) is 14.3 Å². The van der Waals surface area contributed by atoms with Crippen molar-refractivity contribution in [3.63, 3.8) is 0 Å². The lowest BCUT2D eigenvalue weighted by atomic mass is 9.76. The maximum atomic E-state index is 12.4. The fraction of sp³-hybridized carbons (Fsp3) is 0.650. The van der Waals surface area contributed by atoms with Gasteiger partial charge in [0.05, 0.1) is 23.2 Å². The van der Waals surface area contributed by atoms with Crippen molar-refractivity contribution in [2.45, 2.75) is 63.4 Å². The van der Waals surface area contributed by atoms with Gasteiger partial charge in [0.2, 0.25) is 0 Å². The minimum atomic E-state index is -0.892. The number of hydrogen-bond acceptors (Lipinski definition) is 5. The number of hydrogen-bond donors (Lipinski definition) is 2.